The minimum absolute atomic E-state index is 0.209. The van der Waals surface area contributed by atoms with Gasteiger partial charge in [0.15, 0.2) is 0 Å². The van der Waals surface area contributed by atoms with Crippen molar-refractivity contribution in [2.45, 2.75) is 37.4 Å². The van der Waals surface area contributed by atoms with Crippen molar-refractivity contribution in [3.05, 3.63) is 0 Å². The normalized spacial score (nSPS) is 19.8. The standard InChI is InChI=1S/C12H24N2OS2/c1-14(2)9-8-13-12(15)6-4-3-5-11-7-10-16-17-11/h11H,3-10H2,1-2H3,(H,13,15)/t11-/m0/s1. The van der Waals surface area contributed by atoms with Gasteiger partial charge in [0.25, 0.3) is 0 Å². The van der Waals surface area contributed by atoms with Crippen LogP contribution < -0.4 is 5.32 Å². The summed E-state index contributed by atoms with van der Waals surface area (Å²) in [5, 5.41) is 3.80. The quantitative estimate of drug-likeness (QED) is 0.545. The molecule has 0 saturated carbocycles. The molecule has 0 radical (unpaired) electrons. The number of hydrogen-bond donors (Lipinski definition) is 1. The third-order valence-electron chi connectivity index (χ3n) is 2.79. The molecule has 17 heavy (non-hydrogen) atoms. The summed E-state index contributed by atoms with van der Waals surface area (Å²) in [4.78, 5) is 13.6. The Labute approximate surface area is 113 Å². The summed E-state index contributed by atoms with van der Waals surface area (Å²) in [6, 6.07) is 0. The molecule has 1 heterocycles. The van der Waals surface area contributed by atoms with Crippen LogP contribution in [-0.4, -0.2) is 49.0 Å². The number of amides is 1. The number of unbranched alkanes of at least 4 members (excludes halogenated alkanes) is 1. The van der Waals surface area contributed by atoms with E-state index in [0.717, 1.165) is 24.8 Å². The van der Waals surface area contributed by atoms with Crippen LogP contribution in [0.5, 0.6) is 0 Å². The Morgan fingerprint density at radius 3 is 2.88 bits per heavy atom. The summed E-state index contributed by atoms with van der Waals surface area (Å²) in [5.41, 5.74) is 0. The first-order valence-electron chi connectivity index (χ1n) is 6.38. The Kier molecular flexibility index (Phi) is 8.14. The molecule has 0 unspecified atom stereocenters. The predicted octanol–water partition coefficient (Wildman–Crippen LogP) is 2.38. The van der Waals surface area contributed by atoms with Gasteiger partial charge in [0.05, 0.1) is 0 Å². The molecular formula is C12H24N2OS2. The van der Waals surface area contributed by atoms with E-state index in [2.05, 4.69) is 10.2 Å². The number of likely N-dealkylation sites (N-methyl/N-ethyl adjacent to an activating group) is 1. The van der Waals surface area contributed by atoms with Crippen LogP contribution in [0.15, 0.2) is 0 Å². The highest BCUT2D eigenvalue weighted by molar-refractivity contribution is 8.77. The van der Waals surface area contributed by atoms with Gasteiger partial charge in [-0.3, -0.25) is 4.79 Å². The van der Waals surface area contributed by atoms with E-state index in [4.69, 9.17) is 0 Å². The Morgan fingerprint density at radius 1 is 1.41 bits per heavy atom. The fourth-order valence-electron chi connectivity index (χ4n) is 1.73. The van der Waals surface area contributed by atoms with Crippen LogP contribution >= 0.6 is 21.6 Å². The molecule has 1 rings (SSSR count). The van der Waals surface area contributed by atoms with Crippen LogP contribution in [0, 0.1) is 0 Å². The number of rotatable bonds is 8. The van der Waals surface area contributed by atoms with E-state index in [9.17, 15) is 4.79 Å². The Bertz CT molecular complexity index is 219. The molecule has 0 aromatic heterocycles. The molecule has 1 amide bonds. The highest BCUT2D eigenvalue weighted by Crippen LogP contribution is 2.39. The van der Waals surface area contributed by atoms with Gasteiger partial charge >= 0.3 is 0 Å². The number of nitrogens with zero attached hydrogens (tertiary/aromatic N) is 1. The molecule has 0 aromatic rings. The average Bonchev–Trinajstić information content (AvgIpc) is 2.76. The lowest BCUT2D eigenvalue weighted by molar-refractivity contribution is -0.121. The van der Waals surface area contributed by atoms with Gasteiger partial charge in [0.2, 0.25) is 5.91 Å². The van der Waals surface area contributed by atoms with Gasteiger partial charge in [-0.15, -0.1) is 0 Å². The topological polar surface area (TPSA) is 32.3 Å². The zero-order chi connectivity index (χ0) is 12.5. The van der Waals surface area contributed by atoms with Gasteiger partial charge in [-0.1, -0.05) is 28.0 Å². The minimum atomic E-state index is 0.209. The van der Waals surface area contributed by atoms with Gasteiger partial charge < -0.3 is 10.2 Å². The molecule has 0 aromatic carbocycles. The monoisotopic (exact) mass is 276 g/mol. The van der Waals surface area contributed by atoms with Crippen LogP contribution in [0.4, 0.5) is 0 Å². The number of carbonyl (C=O) groups is 1. The molecule has 1 N–H and O–H groups in total. The second-order valence-corrected chi connectivity index (χ2v) is 7.52. The SMILES string of the molecule is CN(C)CCNC(=O)CCCC[C@H]1CCSS1. The van der Waals surface area contributed by atoms with Crippen molar-refractivity contribution in [2.75, 3.05) is 32.9 Å². The van der Waals surface area contributed by atoms with E-state index in [1.807, 2.05) is 35.7 Å². The van der Waals surface area contributed by atoms with Crippen molar-refractivity contribution < 1.29 is 4.79 Å². The van der Waals surface area contributed by atoms with Crippen molar-refractivity contribution in [2.24, 2.45) is 0 Å². The molecule has 1 atom stereocenters. The largest absolute Gasteiger partial charge is 0.355 e. The first-order valence-corrected chi connectivity index (χ1v) is 8.76. The van der Waals surface area contributed by atoms with E-state index < -0.39 is 0 Å². The number of hydrogen-bond acceptors (Lipinski definition) is 4. The maximum atomic E-state index is 11.5. The average molecular weight is 276 g/mol. The van der Waals surface area contributed by atoms with Crippen LogP contribution in [0.25, 0.3) is 0 Å². The van der Waals surface area contributed by atoms with Crippen LogP contribution in [0.3, 0.4) is 0 Å². The summed E-state index contributed by atoms with van der Waals surface area (Å²) in [5.74, 6) is 1.51. The molecule has 0 aliphatic carbocycles. The molecular weight excluding hydrogens is 252 g/mol. The molecule has 3 nitrogen and oxygen atoms in total. The number of carbonyl (C=O) groups excluding carboxylic acids is 1. The van der Waals surface area contributed by atoms with E-state index >= 15 is 0 Å². The predicted molar refractivity (Wildman–Crippen MR) is 78.5 cm³/mol. The molecule has 1 fully saturated rings. The fraction of sp³-hybridized carbons (Fsp3) is 0.917. The van der Waals surface area contributed by atoms with Crippen LogP contribution in [0.1, 0.15) is 32.1 Å². The van der Waals surface area contributed by atoms with Crippen molar-refractivity contribution in [3.63, 3.8) is 0 Å². The van der Waals surface area contributed by atoms with Gasteiger partial charge in [-0.25, -0.2) is 0 Å². The van der Waals surface area contributed by atoms with Crippen molar-refractivity contribution >= 4 is 27.5 Å². The Hall–Kier alpha value is 0.130. The Balaban J connectivity index is 1.89. The molecule has 100 valence electrons. The molecule has 1 aliphatic rings. The lowest BCUT2D eigenvalue weighted by Gasteiger charge is -2.10. The minimum Gasteiger partial charge on any atom is -0.355 e. The van der Waals surface area contributed by atoms with E-state index in [1.54, 1.807) is 0 Å². The maximum absolute atomic E-state index is 11.5. The third-order valence-corrected chi connectivity index (χ3v) is 5.80. The molecule has 5 heteroatoms. The highest BCUT2D eigenvalue weighted by Gasteiger charge is 2.15. The van der Waals surface area contributed by atoms with Crippen molar-refractivity contribution in [1.82, 2.24) is 10.2 Å². The summed E-state index contributed by atoms with van der Waals surface area (Å²) in [6.45, 7) is 1.68. The molecule has 0 bridgehead atoms. The van der Waals surface area contributed by atoms with Gasteiger partial charge in [-0.2, -0.15) is 0 Å². The first-order chi connectivity index (χ1) is 8.18. The highest BCUT2D eigenvalue weighted by atomic mass is 33.1. The lowest BCUT2D eigenvalue weighted by atomic mass is 10.1. The maximum Gasteiger partial charge on any atom is 0.220 e. The smallest absolute Gasteiger partial charge is 0.220 e. The Morgan fingerprint density at radius 2 is 2.24 bits per heavy atom. The first kappa shape index (κ1) is 15.2. The molecule has 1 aliphatic heterocycles. The van der Waals surface area contributed by atoms with Crippen molar-refractivity contribution in [3.8, 4) is 0 Å². The zero-order valence-corrected chi connectivity index (χ0v) is 12.5. The summed E-state index contributed by atoms with van der Waals surface area (Å²) in [6.07, 6.45) is 5.56. The lowest BCUT2D eigenvalue weighted by Crippen LogP contribution is -2.31. The summed E-state index contributed by atoms with van der Waals surface area (Å²) >= 11 is 0. The van der Waals surface area contributed by atoms with E-state index in [1.165, 1.54) is 25.0 Å². The van der Waals surface area contributed by atoms with E-state index in [0.29, 0.717) is 6.42 Å². The molecule has 0 spiro atoms. The third kappa shape index (κ3) is 7.95. The summed E-state index contributed by atoms with van der Waals surface area (Å²) in [7, 11) is 8.06. The molecule has 1 saturated heterocycles. The second kappa shape index (κ2) is 9.11. The fourth-order valence-corrected chi connectivity index (χ4v) is 4.76. The van der Waals surface area contributed by atoms with Gasteiger partial charge in [0, 0.05) is 30.5 Å². The second-order valence-electron chi connectivity index (χ2n) is 4.73. The van der Waals surface area contributed by atoms with Gasteiger partial charge in [0.1, 0.15) is 0 Å². The van der Waals surface area contributed by atoms with Crippen LogP contribution in [-0.2, 0) is 4.79 Å². The summed E-state index contributed by atoms with van der Waals surface area (Å²) < 4.78 is 0. The van der Waals surface area contributed by atoms with Gasteiger partial charge in [-0.05, 0) is 33.4 Å². The zero-order valence-electron chi connectivity index (χ0n) is 10.9. The number of nitrogens with one attached hydrogen (secondary N) is 1. The van der Waals surface area contributed by atoms with E-state index in [-0.39, 0.29) is 5.91 Å². The van der Waals surface area contributed by atoms with Crippen LogP contribution in [0.2, 0.25) is 0 Å². The van der Waals surface area contributed by atoms with Crippen molar-refractivity contribution in [1.29, 1.82) is 0 Å².